The first kappa shape index (κ1) is 14.8. The Morgan fingerprint density at radius 2 is 2.26 bits per heavy atom. The summed E-state index contributed by atoms with van der Waals surface area (Å²) in [5, 5.41) is 3.24. The van der Waals surface area contributed by atoms with E-state index in [4.69, 9.17) is 0 Å². The van der Waals surface area contributed by atoms with Gasteiger partial charge in [0.25, 0.3) is 0 Å². The molecular weight excluding hydrogens is 328 g/mol. The molecule has 2 rings (SSSR count). The molecule has 0 spiro atoms. The lowest BCUT2D eigenvalue weighted by molar-refractivity contribution is 0.404. The normalized spacial score (nSPS) is 20.2. The third kappa shape index (κ3) is 4.19. The standard InChI is InChI=1S/C13H19BrN2O2S/c1-10-12(14)5-2-6-13(10)16-19(17,18)9-11-4-3-7-15-8-11/h2,5-6,11,15-16H,3-4,7-9H2,1H3. The molecule has 4 nitrogen and oxygen atoms in total. The molecule has 1 heterocycles. The van der Waals surface area contributed by atoms with Crippen LogP contribution in [0.1, 0.15) is 18.4 Å². The number of benzene rings is 1. The van der Waals surface area contributed by atoms with E-state index >= 15 is 0 Å². The van der Waals surface area contributed by atoms with Crippen molar-refractivity contribution in [3.63, 3.8) is 0 Å². The Kier molecular flexibility index (Phi) is 4.86. The van der Waals surface area contributed by atoms with Gasteiger partial charge in [0.15, 0.2) is 0 Å². The lowest BCUT2D eigenvalue weighted by Crippen LogP contribution is -2.35. The zero-order valence-corrected chi connectivity index (χ0v) is 13.4. The molecule has 106 valence electrons. The van der Waals surface area contributed by atoms with Gasteiger partial charge in [0.2, 0.25) is 10.0 Å². The maximum atomic E-state index is 12.2. The third-order valence-corrected chi connectivity index (χ3v) is 5.69. The van der Waals surface area contributed by atoms with Crippen LogP contribution in [0.15, 0.2) is 22.7 Å². The molecule has 0 aliphatic carbocycles. The smallest absolute Gasteiger partial charge is 0.233 e. The predicted molar refractivity (Wildman–Crippen MR) is 81.9 cm³/mol. The van der Waals surface area contributed by atoms with Crippen LogP contribution in [0.2, 0.25) is 0 Å². The van der Waals surface area contributed by atoms with Gasteiger partial charge in [-0.1, -0.05) is 22.0 Å². The van der Waals surface area contributed by atoms with E-state index in [1.807, 2.05) is 19.1 Å². The minimum Gasteiger partial charge on any atom is -0.316 e. The summed E-state index contributed by atoms with van der Waals surface area (Å²) in [5.74, 6) is 0.394. The van der Waals surface area contributed by atoms with Crippen molar-refractivity contribution in [2.24, 2.45) is 5.92 Å². The number of halogens is 1. The van der Waals surface area contributed by atoms with Crippen molar-refractivity contribution in [1.29, 1.82) is 0 Å². The summed E-state index contributed by atoms with van der Waals surface area (Å²) in [4.78, 5) is 0. The Morgan fingerprint density at radius 1 is 1.47 bits per heavy atom. The van der Waals surface area contributed by atoms with Gasteiger partial charge in [-0.3, -0.25) is 4.72 Å². The zero-order chi connectivity index (χ0) is 13.9. The van der Waals surface area contributed by atoms with Crippen LogP contribution in [-0.2, 0) is 10.0 Å². The zero-order valence-electron chi connectivity index (χ0n) is 10.9. The van der Waals surface area contributed by atoms with Crippen molar-refractivity contribution in [3.8, 4) is 0 Å². The molecule has 0 radical (unpaired) electrons. The van der Waals surface area contributed by atoms with Crippen LogP contribution in [0.5, 0.6) is 0 Å². The maximum Gasteiger partial charge on any atom is 0.233 e. The Balaban J connectivity index is 2.06. The third-order valence-electron chi connectivity index (χ3n) is 3.39. The fourth-order valence-electron chi connectivity index (χ4n) is 2.30. The highest BCUT2D eigenvalue weighted by Crippen LogP contribution is 2.25. The van der Waals surface area contributed by atoms with Gasteiger partial charge in [-0.25, -0.2) is 8.42 Å². The molecule has 1 aliphatic heterocycles. The van der Waals surface area contributed by atoms with Crippen LogP contribution in [0.25, 0.3) is 0 Å². The molecule has 2 N–H and O–H groups in total. The Bertz CT molecular complexity index is 540. The highest BCUT2D eigenvalue weighted by molar-refractivity contribution is 9.10. The topological polar surface area (TPSA) is 58.2 Å². The second kappa shape index (κ2) is 6.24. The van der Waals surface area contributed by atoms with E-state index in [-0.39, 0.29) is 11.7 Å². The van der Waals surface area contributed by atoms with Gasteiger partial charge in [0, 0.05) is 4.47 Å². The van der Waals surface area contributed by atoms with Crippen molar-refractivity contribution >= 4 is 31.6 Å². The van der Waals surface area contributed by atoms with Crippen LogP contribution in [0.4, 0.5) is 5.69 Å². The summed E-state index contributed by atoms with van der Waals surface area (Å²) in [6, 6.07) is 5.52. The number of anilines is 1. The number of nitrogens with one attached hydrogen (secondary N) is 2. The van der Waals surface area contributed by atoms with Gasteiger partial charge in [-0.15, -0.1) is 0 Å². The largest absolute Gasteiger partial charge is 0.316 e. The van der Waals surface area contributed by atoms with Crippen LogP contribution in [0, 0.1) is 12.8 Å². The molecule has 19 heavy (non-hydrogen) atoms. The molecule has 0 amide bonds. The van der Waals surface area contributed by atoms with Gasteiger partial charge in [-0.2, -0.15) is 0 Å². The minimum absolute atomic E-state index is 0.186. The molecular formula is C13H19BrN2O2S. The van der Waals surface area contributed by atoms with Gasteiger partial charge >= 0.3 is 0 Å². The monoisotopic (exact) mass is 346 g/mol. The van der Waals surface area contributed by atoms with E-state index < -0.39 is 10.0 Å². The minimum atomic E-state index is -3.28. The Labute approximate surface area is 123 Å². The van der Waals surface area contributed by atoms with Gasteiger partial charge < -0.3 is 5.32 Å². The average molecular weight is 347 g/mol. The first-order valence-electron chi connectivity index (χ1n) is 6.44. The molecule has 1 aromatic rings. The van der Waals surface area contributed by atoms with Crippen LogP contribution in [0.3, 0.4) is 0 Å². The fourth-order valence-corrected chi connectivity index (χ4v) is 4.21. The highest BCUT2D eigenvalue weighted by atomic mass is 79.9. The highest BCUT2D eigenvalue weighted by Gasteiger charge is 2.21. The molecule has 1 saturated heterocycles. The Morgan fingerprint density at radius 3 is 2.95 bits per heavy atom. The first-order valence-corrected chi connectivity index (χ1v) is 8.89. The van der Waals surface area contributed by atoms with E-state index in [0.29, 0.717) is 5.69 Å². The van der Waals surface area contributed by atoms with Crippen molar-refractivity contribution in [1.82, 2.24) is 5.32 Å². The van der Waals surface area contributed by atoms with Gasteiger partial charge in [0.1, 0.15) is 0 Å². The van der Waals surface area contributed by atoms with Crippen LogP contribution >= 0.6 is 15.9 Å². The second-order valence-corrected chi connectivity index (χ2v) is 7.63. The second-order valence-electron chi connectivity index (χ2n) is 5.01. The first-order chi connectivity index (χ1) is 8.98. The molecule has 1 aliphatic rings. The van der Waals surface area contributed by atoms with Crippen LogP contribution in [-0.4, -0.2) is 27.3 Å². The summed E-state index contributed by atoms with van der Waals surface area (Å²) >= 11 is 3.41. The molecule has 0 bridgehead atoms. The fraction of sp³-hybridized carbons (Fsp3) is 0.538. The summed E-state index contributed by atoms with van der Waals surface area (Å²) in [7, 11) is -3.28. The number of rotatable bonds is 4. The lowest BCUT2D eigenvalue weighted by atomic mass is 10.0. The quantitative estimate of drug-likeness (QED) is 0.880. The Hall–Kier alpha value is -0.590. The summed E-state index contributed by atoms with van der Waals surface area (Å²) in [6.45, 7) is 3.68. The van der Waals surface area contributed by atoms with Crippen molar-refractivity contribution in [2.75, 3.05) is 23.6 Å². The SMILES string of the molecule is Cc1c(Br)cccc1NS(=O)(=O)CC1CCCNC1. The van der Waals surface area contributed by atoms with Crippen molar-refractivity contribution < 1.29 is 8.42 Å². The summed E-state index contributed by atoms with van der Waals surface area (Å²) < 4.78 is 28.0. The molecule has 0 saturated carbocycles. The molecule has 1 unspecified atom stereocenters. The number of sulfonamides is 1. The van der Waals surface area contributed by atoms with E-state index in [9.17, 15) is 8.42 Å². The maximum absolute atomic E-state index is 12.2. The van der Waals surface area contributed by atoms with E-state index in [1.54, 1.807) is 6.07 Å². The molecule has 0 aromatic heterocycles. The van der Waals surface area contributed by atoms with Crippen molar-refractivity contribution in [3.05, 3.63) is 28.2 Å². The predicted octanol–water partition coefficient (Wildman–Crippen LogP) is 2.50. The number of hydrogen-bond acceptors (Lipinski definition) is 3. The van der Waals surface area contributed by atoms with E-state index in [0.717, 1.165) is 36.0 Å². The average Bonchev–Trinajstić information content (AvgIpc) is 2.35. The van der Waals surface area contributed by atoms with Gasteiger partial charge in [-0.05, 0) is 56.5 Å². The van der Waals surface area contributed by atoms with E-state index in [2.05, 4.69) is 26.0 Å². The lowest BCUT2D eigenvalue weighted by Gasteiger charge is -2.23. The van der Waals surface area contributed by atoms with Gasteiger partial charge in [0.05, 0.1) is 11.4 Å². The molecule has 1 aromatic carbocycles. The molecule has 6 heteroatoms. The summed E-state index contributed by atoms with van der Waals surface area (Å²) in [6.07, 6.45) is 2.03. The van der Waals surface area contributed by atoms with Crippen molar-refractivity contribution in [2.45, 2.75) is 19.8 Å². The number of piperidine rings is 1. The molecule has 1 fully saturated rings. The summed E-state index contributed by atoms with van der Waals surface area (Å²) in [5.41, 5.74) is 1.56. The van der Waals surface area contributed by atoms with E-state index in [1.165, 1.54) is 0 Å². The van der Waals surface area contributed by atoms with Crippen LogP contribution < -0.4 is 10.0 Å². The molecule has 1 atom stereocenters. The number of hydrogen-bond donors (Lipinski definition) is 2.